The van der Waals surface area contributed by atoms with Crippen LogP contribution < -0.4 is 10.6 Å². The van der Waals surface area contributed by atoms with E-state index in [0.717, 1.165) is 19.4 Å². The topological polar surface area (TPSA) is 29.3 Å². The minimum absolute atomic E-state index is 0.256. The summed E-state index contributed by atoms with van der Waals surface area (Å²) in [5, 5.41) is 0. The molecular formula is C19H26N2. The highest BCUT2D eigenvalue weighted by Crippen LogP contribution is 2.28. The smallest absolute Gasteiger partial charge is 0.0440 e. The zero-order valence-corrected chi connectivity index (χ0v) is 13.3. The van der Waals surface area contributed by atoms with Crippen LogP contribution in [0.5, 0.6) is 0 Å². The van der Waals surface area contributed by atoms with Gasteiger partial charge in [0, 0.05) is 24.0 Å². The molecule has 2 N–H and O–H groups in total. The van der Waals surface area contributed by atoms with Crippen molar-refractivity contribution in [3.8, 4) is 0 Å². The zero-order valence-electron chi connectivity index (χ0n) is 13.3. The van der Waals surface area contributed by atoms with E-state index < -0.39 is 0 Å². The third kappa shape index (κ3) is 3.85. The van der Waals surface area contributed by atoms with Crippen molar-refractivity contribution in [2.24, 2.45) is 5.73 Å². The molecule has 1 atom stereocenters. The number of nitrogens with zero attached hydrogens (tertiary/aromatic N) is 1. The lowest BCUT2D eigenvalue weighted by Crippen LogP contribution is -2.21. The van der Waals surface area contributed by atoms with Crippen LogP contribution in [-0.2, 0) is 6.42 Å². The first-order valence-corrected chi connectivity index (χ1v) is 7.83. The maximum absolute atomic E-state index is 6.06. The fraction of sp³-hybridized carbons (Fsp3) is 0.368. The van der Waals surface area contributed by atoms with Crippen molar-refractivity contribution >= 4 is 11.4 Å². The van der Waals surface area contributed by atoms with E-state index in [-0.39, 0.29) is 6.04 Å². The molecule has 0 saturated carbocycles. The predicted octanol–water partition coefficient (Wildman–Crippen LogP) is 4.43. The normalized spacial score (nSPS) is 12.2. The predicted molar refractivity (Wildman–Crippen MR) is 92.3 cm³/mol. The van der Waals surface area contributed by atoms with Crippen LogP contribution in [0, 0.1) is 6.92 Å². The molecule has 0 amide bonds. The lowest BCUT2D eigenvalue weighted by Gasteiger charge is -2.25. The number of nitrogens with two attached hydrogens (primary N) is 1. The third-order valence-electron chi connectivity index (χ3n) is 3.96. The average molecular weight is 282 g/mol. The summed E-state index contributed by atoms with van der Waals surface area (Å²) in [6, 6.07) is 17.5. The molecule has 1 unspecified atom stereocenters. The molecule has 0 fully saturated rings. The molecule has 0 heterocycles. The van der Waals surface area contributed by atoms with Crippen molar-refractivity contribution < 1.29 is 0 Å². The molecule has 0 spiro atoms. The van der Waals surface area contributed by atoms with Gasteiger partial charge in [-0.2, -0.15) is 0 Å². The summed E-state index contributed by atoms with van der Waals surface area (Å²) in [5.41, 5.74) is 11.2. The average Bonchev–Trinajstić information content (AvgIpc) is 2.51. The van der Waals surface area contributed by atoms with Gasteiger partial charge in [0.1, 0.15) is 0 Å². The van der Waals surface area contributed by atoms with E-state index in [1.807, 2.05) is 0 Å². The second-order valence-corrected chi connectivity index (χ2v) is 5.57. The fourth-order valence-electron chi connectivity index (χ4n) is 2.69. The third-order valence-corrected chi connectivity index (χ3v) is 3.96. The first-order chi connectivity index (χ1) is 10.2. The van der Waals surface area contributed by atoms with Crippen molar-refractivity contribution in [2.75, 3.05) is 11.4 Å². The highest BCUT2D eigenvalue weighted by molar-refractivity contribution is 5.66. The zero-order chi connectivity index (χ0) is 15.2. The van der Waals surface area contributed by atoms with Crippen molar-refractivity contribution in [3.63, 3.8) is 0 Å². The molecule has 2 rings (SSSR count). The molecule has 0 saturated heterocycles. The van der Waals surface area contributed by atoms with Gasteiger partial charge in [0.2, 0.25) is 0 Å². The first kappa shape index (κ1) is 15.6. The molecular weight excluding hydrogens is 256 g/mol. The van der Waals surface area contributed by atoms with Gasteiger partial charge in [-0.15, -0.1) is 0 Å². The summed E-state index contributed by atoms with van der Waals surface area (Å²) in [4.78, 5) is 2.35. The number of para-hydroxylation sites is 1. The van der Waals surface area contributed by atoms with E-state index in [9.17, 15) is 0 Å². The minimum atomic E-state index is 0.256. The number of benzene rings is 2. The van der Waals surface area contributed by atoms with Crippen LogP contribution in [0.15, 0.2) is 48.5 Å². The second-order valence-electron chi connectivity index (χ2n) is 5.57. The highest BCUT2D eigenvalue weighted by atomic mass is 15.1. The Balaban J connectivity index is 2.27. The molecule has 2 aromatic carbocycles. The van der Waals surface area contributed by atoms with E-state index >= 15 is 0 Å². The summed E-state index contributed by atoms with van der Waals surface area (Å²) >= 11 is 0. The largest absolute Gasteiger partial charge is 0.342 e. The van der Waals surface area contributed by atoms with E-state index in [0.29, 0.717) is 0 Å². The highest BCUT2D eigenvalue weighted by Gasteiger charge is 2.10. The summed E-state index contributed by atoms with van der Waals surface area (Å²) in [6.45, 7) is 7.47. The number of rotatable bonds is 6. The summed E-state index contributed by atoms with van der Waals surface area (Å²) in [6.07, 6.45) is 1.97. The number of hydrogen-bond donors (Lipinski definition) is 1. The standard InChI is InChI=1S/C19H26N2/c1-4-17(20)14-16-11-12-19(15(3)13-16)21(5-2)18-9-7-6-8-10-18/h6-13,17H,4-5,14,20H2,1-3H3. The van der Waals surface area contributed by atoms with E-state index in [4.69, 9.17) is 5.73 Å². The van der Waals surface area contributed by atoms with Gasteiger partial charge in [-0.1, -0.05) is 37.3 Å². The van der Waals surface area contributed by atoms with E-state index in [1.165, 1.54) is 22.5 Å². The Hall–Kier alpha value is -1.80. The van der Waals surface area contributed by atoms with Crippen LogP contribution in [0.1, 0.15) is 31.4 Å². The van der Waals surface area contributed by atoms with Gasteiger partial charge in [0.15, 0.2) is 0 Å². The molecule has 0 radical (unpaired) electrons. The van der Waals surface area contributed by atoms with Gasteiger partial charge >= 0.3 is 0 Å². The molecule has 0 aliphatic heterocycles. The van der Waals surface area contributed by atoms with Crippen LogP contribution >= 0.6 is 0 Å². The lowest BCUT2D eigenvalue weighted by molar-refractivity contribution is 0.646. The Bertz CT molecular complexity index is 563. The fourth-order valence-corrected chi connectivity index (χ4v) is 2.69. The molecule has 0 aliphatic carbocycles. The Morgan fingerprint density at radius 3 is 2.33 bits per heavy atom. The monoisotopic (exact) mass is 282 g/mol. The van der Waals surface area contributed by atoms with Crippen LogP contribution in [0.3, 0.4) is 0 Å². The van der Waals surface area contributed by atoms with Gasteiger partial charge in [-0.3, -0.25) is 0 Å². The molecule has 0 aromatic heterocycles. The van der Waals surface area contributed by atoms with Gasteiger partial charge < -0.3 is 10.6 Å². The van der Waals surface area contributed by atoms with Crippen LogP contribution in [0.4, 0.5) is 11.4 Å². The van der Waals surface area contributed by atoms with Crippen molar-refractivity contribution in [1.29, 1.82) is 0 Å². The summed E-state index contributed by atoms with van der Waals surface area (Å²) in [7, 11) is 0. The van der Waals surface area contributed by atoms with Crippen molar-refractivity contribution in [2.45, 2.75) is 39.7 Å². The van der Waals surface area contributed by atoms with Gasteiger partial charge in [-0.05, 0) is 56.0 Å². The SMILES string of the molecule is CCC(N)Cc1ccc(N(CC)c2ccccc2)c(C)c1. The van der Waals surface area contributed by atoms with Crippen LogP contribution in [0.2, 0.25) is 0 Å². The Kier molecular flexibility index (Phi) is 5.40. The lowest BCUT2D eigenvalue weighted by atomic mass is 10.0. The Morgan fingerprint density at radius 2 is 1.76 bits per heavy atom. The van der Waals surface area contributed by atoms with Gasteiger partial charge in [0.05, 0.1) is 0 Å². The van der Waals surface area contributed by atoms with Crippen molar-refractivity contribution in [1.82, 2.24) is 0 Å². The second kappa shape index (κ2) is 7.28. The number of anilines is 2. The van der Waals surface area contributed by atoms with Crippen LogP contribution in [0.25, 0.3) is 0 Å². The molecule has 2 aromatic rings. The molecule has 0 aliphatic rings. The number of aryl methyl sites for hydroxylation is 1. The van der Waals surface area contributed by atoms with Crippen molar-refractivity contribution in [3.05, 3.63) is 59.7 Å². The Morgan fingerprint density at radius 1 is 1.05 bits per heavy atom. The summed E-state index contributed by atoms with van der Waals surface area (Å²) in [5.74, 6) is 0. The molecule has 112 valence electrons. The first-order valence-electron chi connectivity index (χ1n) is 7.83. The maximum atomic E-state index is 6.06. The number of hydrogen-bond acceptors (Lipinski definition) is 2. The molecule has 0 bridgehead atoms. The van der Waals surface area contributed by atoms with Crippen LogP contribution in [-0.4, -0.2) is 12.6 Å². The quantitative estimate of drug-likeness (QED) is 0.849. The molecule has 21 heavy (non-hydrogen) atoms. The molecule has 2 heteroatoms. The molecule has 2 nitrogen and oxygen atoms in total. The Labute approximate surface area is 128 Å². The minimum Gasteiger partial charge on any atom is -0.342 e. The van der Waals surface area contributed by atoms with E-state index in [2.05, 4.69) is 74.2 Å². The summed E-state index contributed by atoms with van der Waals surface area (Å²) < 4.78 is 0. The van der Waals surface area contributed by atoms with E-state index in [1.54, 1.807) is 0 Å². The maximum Gasteiger partial charge on any atom is 0.0440 e. The van der Waals surface area contributed by atoms with Gasteiger partial charge in [0.25, 0.3) is 0 Å². The van der Waals surface area contributed by atoms with Gasteiger partial charge in [-0.25, -0.2) is 0 Å².